The molecule has 1 aromatic heterocycles. The number of pyridine rings is 1. The summed E-state index contributed by atoms with van der Waals surface area (Å²) in [6.45, 7) is 3.98. The van der Waals surface area contributed by atoms with Crippen molar-refractivity contribution in [3.63, 3.8) is 0 Å². The van der Waals surface area contributed by atoms with E-state index in [0.717, 1.165) is 11.1 Å². The van der Waals surface area contributed by atoms with Crippen molar-refractivity contribution in [2.45, 2.75) is 19.9 Å². The van der Waals surface area contributed by atoms with Crippen LogP contribution in [0, 0.1) is 6.92 Å². The van der Waals surface area contributed by atoms with Gasteiger partial charge < -0.3 is 15.4 Å². The molecule has 5 heteroatoms. The molecule has 2 N–H and O–H groups in total. The molecule has 0 aliphatic heterocycles. The maximum absolute atomic E-state index is 12.0. The monoisotopic (exact) mass is 285 g/mol. The minimum Gasteiger partial charge on any atom is -0.481 e. The number of rotatable bonds is 4. The van der Waals surface area contributed by atoms with Crippen molar-refractivity contribution < 1.29 is 9.53 Å². The quantitative estimate of drug-likeness (QED) is 0.906. The average Bonchev–Trinajstić information content (AvgIpc) is 2.48. The summed E-state index contributed by atoms with van der Waals surface area (Å²) in [5.41, 5.74) is 2.86. The number of hydrogen-bond donors (Lipinski definition) is 2. The van der Waals surface area contributed by atoms with Crippen LogP contribution in [0.5, 0.6) is 5.88 Å². The van der Waals surface area contributed by atoms with Crippen molar-refractivity contribution in [1.29, 1.82) is 0 Å². The van der Waals surface area contributed by atoms with Gasteiger partial charge in [-0.15, -0.1) is 0 Å². The van der Waals surface area contributed by atoms with E-state index in [1.54, 1.807) is 25.4 Å². The van der Waals surface area contributed by atoms with E-state index in [1.165, 1.54) is 0 Å². The molecule has 1 heterocycles. The Labute approximate surface area is 124 Å². The fraction of sp³-hybridized carbons (Fsp3) is 0.250. The van der Waals surface area contributed by atoms with Gasteiger partial charge in [0, 0.05) is 6.07 Å². The highest BCUT2D eigenvalue weighted by Gasteiger charge is 2.11. The molecule has 0 spiro atoms. The van der Waals surface area contributed by atoms with Gasteiger partial charge in [-0.25, -0.2) is 9.78 Å². The van der Waals surface area contributed by atoms with E-state index >= 15 is 0 Å². The normalized spacial score (nSPS) is 11.6. The molecule has 0 saturated heterocycles. The largest absolute Gasteiger partial charge is 0.481 e. The third-order valence-corrected chi connectivity index (χ3v) is 3.21. The summed E-state index contributed by atoms with van der Waals surface area (Å²) in [6.07, 6.45) is 1.55. The van der Waals surface area contributed by atoms with Gasteiger partial charge in [-0.2, -0.15) is 0 Å². The number of urea groups is 1. The van der Waals surface area contributed by atoms with Crippen LogP contribution in [0.2, 0.25) is 0 Å². The Morgan fingerprint density at radius 3 is 2.62 bits per heavy atom. The van der Waals surface area contributed by atoms with E-state index in [9.17, 15) is 4.79 Å². The first kappa shape index (κ1) is 14.8. The number of methoxy groups -OCH3 is 1. The number of benzene rings is 1. The second kappa shape index (κ2) is 6.74. The van der Waals surface area contributed by atoms with Crippen LogP contribution in [-0.4, -0.2) is 18.1 Å². The summed E-state index contributed by atoms with van der Waals surface area (Å²) < 4.78 is 4.97. The summed E-state index contributed by atoms with van der Waals surface area (Å²) in [5, 5.41) is 5.65. The number of nitrogens with one attached hydrogen (secondary N) is 2. The van der Waals surface area contributed by atoms with E-state index in [1.807, 2.05) is 38.1 Å². The third-order valence-electron chi connectivity index (χ3n) is 3.21. The molecule has 1 aromatic carbocycles. The maximum atomic E-state index is 12.0. The molecule has 21 heavy (non-hydrogen) atoms. The predicted octanol–water partition coefficient (Wildman–Crippen LogP) is 3.28. The van der Waals surface area contributed by atoms with Gasteiger partial charge in [-0.05, 0) is 31.0 Å². The first-order valence-electron chi connectivity index (χ1n) is 6.73. The molecule has 110 valence electrons. The zero-order chi connectivity index (χ0) is 15.2. The molecule has 5 nitrogen and oxygen atoms in total. The van der Waals surface area contributed by atoms with Crippen molar-refractivity contribution in [2.75, 3.05) is 12.4 Å². The van der Waals surface area contributed by atoms with Crippen molar-refractivity contribution >= 4 is 11.7 Å². The summed E-state index contributed by atoms with van der Waals surface area (Å²) >= 11 is 0. The molecule has 0 radical (unpaired) electrons. The Morgan fingerprint density at radius 1 is 1.24 bits per heavy atom. The zero-order valence-electron chi connectivity index (χ0n) is 12.4. The second-order valence-electron chi connectivity index (χ2n) is 4.77. The number of carbonyl (C=O) groups excluding carboxylic acids is 1. The summed E-state index contributed by atoms with van der Waals surface area (Å²) in [4.78, 5) is 16.0. The fourth-order valence-electron chi connectivity index (χ4n) is 2.09. The number of aryl methyl sites for hydroxylation is 1. The van der Waals surface area contributed by atoms with Crippen LogP contribution < -0.4 is 15.4 Å². The highest BCUT2D eigenvalue weighted by molar-refractivity contribution is 5.89. The Hall–Kier alpha value is -2.56. The van der Waals surface area contributed by atoms with Gasteiger partial charge in [0.2, 0.25) is 5.88 Å². The minimum absolute atomic E-state index is 0.0718. The molecule has 2 rings (SSSR count). The van der Waals surface area contributed by atoms with Crippen LogP contribution in [0.1, 0.15) is 24.1 Å². The number of carbonyl (C=O) groups is 1. The maximum Gasteiger partial charge on any atom is 0.319 e. The van der Waals surface area contributed by atoms with Gasteiger partial charge >= 0.3 is 6.03 Å². The molecule has 0 saturated carbocycles. The summed E-state index contributed by atoms with van der Waals surface area (Å²) in [7, 11) is 1.55. The number of aromatic nitrogens is 1. The first-order chi connectivity index (χ1) is 10.1. The average molecular weight is 285 g/mol. The van der Waals surface area contributed by atoms with Crippen molar-refractivity contribution in [2.24, 2.45) is 0 Å². The molecule has 1 atom stereocenters. The van der Waals surface area contributed by atoms with Crippen LogP contribution in [0.25, 0.3) is 0 Å². The van der Waals surface area contributed by atoms with Crippen LogP contribution in [0.3, 0.4) is 0 Å². The number of amides is 2. The molecule has 0 aliphatic carbocycles. The summed E-state index contributed by atoms with van der Waals surface area (Å²) in [6, 6.07) is 11.1. The number of nitrogens with zero attached hydrogens (tertiary/aromatic N) is 1. The third kappa shape index (κ3) is 3.95. The van der Waals surface area contributed by atoms with E-state index < -0.39 is 0 Å². The van der Waals surface area contributed by atoms with E-state index in [4.69, 9.17) is 4.74 Å². The lowest BCUT2D eigenvalue weighted by atomic mass is 10.0. The van der Waals surface area contributed by atoms with E-state index in [0.29, 0.717) is 11.6 Å². The van der Waals surface area contributed by atoms with Gasteiger partial charge in [0.25, 0.3) is 0 Å². The zero-order valence-corrected chi connectivity index (χ0v) is 12.4. The van der Waals surface area contributed by atoms with E-state index in [-0.39, 0.29) is 12.1 Å². The van der Waals surface area contributed by atoms with Crippen molar-refractivity contribution in [1.82, 2.24) is 10.3 Å². The number of hydrogen-bond acceptors (Lipinski definition) is 3. The molecular formula is C16H19N3O2. The Bertz CT molecular complexity index is 611. The standard InChI is InChI=1S/C16H19N3O2/c1-11-6-4-5-7-14(11)12(2)18-16(20)19-13-8-9-15(21-3)17-10-13/h4-10,12H,1-3H3,(H2,18,19,20). The Morgan fingerprint density at radius 2 is 2.00 bits per heavy atom. The molecule has 2 amide bonds. The first-order valence-corrected chi connectivity index (χ1v) is 6.73. The van der Waals surface area contributed by atoms with Crippen LogP contribution in [-0.2, 0) is 0 Å². The smallest absolute Gasteiger partial charge is 0.319 e. The second-order valence-corrected chi connectivity index (χ2v) is 4.77. The van der Waals surface area contributed by atoms with Crippen molar-refractivity contribution in [3.05, 3.63) is 53.7 Å². The van der Waals surface area contributed by atoms with Gasteiger partial charge in [0.15, 0.2) is 0 Å². The molecule has 2 aromatic rings. The highest BCUT2D eigenvalue weighted by Crippen LogP contribution is 2.17. The lowest BCUT2D eigenvalue weighted by Gasteiger charge is -2.17. The highest BCUT2D eigenvalue weighted by atomic mass is 16.5. The summed E-state index contributed by atoms with van der Waals surface area (Å²) in [5.74, 6) is 0.509. The fourth-order valence-corrected chi connectivity index (χ4v) is 2.09. The minimum atomic E-state index is -0.266. The van der Waals surface area contributed by atoms with Crippen molar-refractivity contribution in [3.8, 4) is 5.88 Å². The van der Waals surface area contributed by atoms with Crippen LogP contribution in [0.15, 0.2) is 42.6 Å². The molecule has 0 bridgehead atoms. The topological polar surface area (TPSA) is 63.2 Å². The van der Waals surface area contributed by atoms with Gasteiger partial charge in [-0.3, -0.25) is 0 Å². The van der Waals surface area contributed by atoms with Crippen LogP contribution >= 0.6 is 0 Å². The van der Waals surface area contributed by atoms with Gasteiger partial charge in [-0.1, -0.05) is 24.3 Å². The lowest BCUT2D eigenvalue weighted by Crippen LogP contribution is -2.31. The Kier molecular flexibility index (Phi) is 4.77. The number of ether oxygens (including phenoxy) is 1. The molecule has 0 fully saturated rings. The molecule has 1 unspecified atom stereocenters. The Balaban J connectivity index is 1.96. The SMILES string of the molecule is COc1ccc(NC(=O)NC(C)c2ccccc2C)cn1. The van der Waals surface area contributed by atoms with Crippen LogP contribution in [0.4, 0.5) is 10.5 Å². The number of anilines is 1. The molecular weight excluding hydrogens is 266 g/mol. The van der Waals surface area contributed by atoms with Gasteiger partial charge in [0.1, 0.15) is 0 Å². The molecule has 0 aliphatic rings. The van der Waals surface area contributed by atoms with Gasteiger partial charge in [0.05, 0.1) is 25.0 Å². The van der Waals surface area contributed by atoms with E-state index in [2.05, 4.69) is 15.6 Å². The lowest BCUT2D eigenvalue weighted by molar-refractivity contribution is 0.249. The predicted molar refractivity (Wildman–Crippen MR) is 82.5 cm³/mol.